The number of piperidine rings is 1. The topological polar surface area (TPSA) is 81.7 Å². The Hall–Kier alpha value is -1.92. The molecule has 0 aliphatic carbocycles. The summed E-state index contributed by atoms with van der Waals surface area (Å²) in [4.78, 5) is 25.4. The van der Waals surface area contributed by atoms with Gasteiger partial charge in [0.15, 0.2) is 0 Å². The number of benzene rings is 1. The smallest absolute Gasteiger partial charge is 0.243 e. The van der Waals surface area contributed by atoms with Gasteiger partial charge in [0.2, 0.25) is 11.8 Å². The third-order valence-corrected chi connectivity index (χ3v) is 5.48. The Bertz CT molecular complexity index is 572. The molecule has 0 spiro atoms. The van der Waals surface area contributed by atoms with Gasteiger partial charge in [-0.15, -0.1) is 0 Å². The number of carbonyl (C=O) groups is 2. The minimum atomic E-state index is -0.328. The molecule has 1 aliphatic heterocycles. The number of carbonyl (C=O) groups excluding carboxylic acids is 2. The lowest BCUT2D eigenvalue weighted by molar-refractivity contribution is -0.129. The van der Waals surface area contributed by atoms with Crippen LogP contribution in [-0.4, -0.2) is 41.6 Å². The lowest BCUT2D eigenvalue weighted by Gasteiger charge is -2.32. The maximum Gasteiger partial charge on any atom is 0.243 e. The van der Waals surface area contributed by atoms with Gasteiger partial charge in [-0.2, -0.15) is 0 Å². The van der Waals surface area contributed by atoms with Crippen molar-refractivity contribution in [2.24, 2.45) is 5.92 Å². The predicted octanol–water partition coefficient (Wildman–Crippen LogP) is 3.25. The average Bonchev–Trinajstić information content (AvgIpc) is 2.73. The first-order chi connectivity index (χ1) is 13.7. The lowest BCUT2D eigenvalue weighted by atomic mass is 9.96. The van der Waals surface area contributed by atoms with E-state index in [1.54, 1.807) is 5.48 Å². The van der Waals surface area contributed by atoms with E-state index < -0.39 is 0 Å². The van der Waals surface area contributed by atoms with Crippen LogP contribution in [0.15, 0.2) is 30.3 Å². The van der Waals surface area contributed by atoms with Crippen molar-refractivity contribution in [3.05, 3.63) is 35.9 Å². The molecule has 0 aromatic heterocycles. The highest BCUT2D eigenvalue weighted by molar-refractivity contribution is 5.75. The van der Waals surface area contributed by atoms with Crippen LogP contribution < -0.4 is 10.8 Å². The fraction of sp³-hybridized carbons (Fsp3) is 0.636. The second-order valence-corrected chi connectivity index (χ2v) is 7.81. The molecule has 2 amide bonds. The molecule has 3 N–H and O–H groups in total. The molecule has 0 radical (unpaired) electrons. The molecule has 6 heteroatoms. The molecule has 1 aliphatic rings. The summed E-state index contributed by atoms with van der Waals surface area (Å²) in [5, 5.41) is 11.5. The van der Waals surface area contributed by atoms with Crippen LogP contribution in [0.4, 0.5) is 0 Å². The summed E-state index contributed by atoms with van der Waals surface area (Å²) in [6.07, 6.45) is 7.90. The van der Waals surface area contributed by atoms with Gasteiger partial charge in [0, 0.05) is 25.9 Å². The van der Waals surface area contributed by atoms with Crippen LogP contribution in [0.3, 0.4) is 0 Å². The molecule has 1 aromatic rings. The van der Waals surface area contributed by atoms with Crippen LogP contribution in [0, 0.1) is 5.92 Å². The van der Waals surface area contributed by atoms with Gasteiger partial charge in [-0.05, 0) is 50.3 Å². The summed E-state index contributed by atoms with van der Waals surface area (Å²) in [6.45, 7) is 4.02. The van der Waals surface area contributed by atoms with Crippen LogP contribution in [0.1, 0.15) is 63.4 Å². The fourth-order valence-electron chi connectivity index (χ4n) is 3.69. The van der Waals surface area contributed by atoms with Crippen LogP contribution in [0.5, 0.6) is 0 Å². The van der Waals surface area contributed by atoms with Crippen LogP contribution >= 0.6 is 0 Å². The molecule has 1 saturated heterocycles. The van der Waals surface area contributed by atoms with Crippen molar-refractivity contribution in [1.29, 1.82) is 0 Å². The van der Waals surface area contributed by atoms with E-state index in [-0.39, 0.29) is 11.8 Å². The van der Waals surface area contributed by atoms with E-state index >= 15 is 0 Å². The molecule has 0 saturated carbocycles. The summed E-state index contributed by atoms with van der Waals surface area (Å²) in [7, 11) is 0. The molecule has 1 heterocycles. The molecule has 1 fully saturated rings. The van der Waals surface area contributed by atoms with Crippen molar-refractivity contribution < 1.29 is 14.8 Å². The first-order valence-corrected chi connectivity index (χ1v) is 10.6. The van der Waals surface area contributed by atoms with Gasteiger partial charge in [-0.25, -0.2) is 5.48 Å². The summed E-state index contributed by atoms with van der Waals surface area (Å²) in [6, 6.07) is 10.6. The Morgan fingerprint density at radius 1 is 0.929 bits per heavy atom. The number of nitrogens with one attached hydrogen (secondary N) is 2. The molecule has 0 atom stereocenters. The third-order valence-electron chi connectivity index (χ3n) is 5.48. The van der Waals surface area contributed by atoms with Crippen LogP contribution in [0.25, 0.3) is 0 Å². The summed E-state index contributed by atoms with van der Waals surface area (Å²) in [5.41, 5.74) is 3.01. The van der Waals surface area contributed by atoms with Gasteiger partial charge in [0.05, 0.1) is 0 Å². The maximum atomic E-state index is 12.0. The zero-order chi connectivity index (χ0) is 20.0. The lowest BCUT2D eigenvalue weighted by Crippen LogP contribution is -2.38. The number of nitrogens with zero attached hydrogens (tertiary/aromatic N) is 1. The molecule has 6 nitrogen and oxygen atoms in total. The van der Waals surface area contributed by atoms with Gasteiger partial charge in [0.1, 0.15) is 0 Å². The highest BCUT2D eigenvalue weighted by Gasteiger charge is 2.19. The average molecular weight is 390 g/mol. The molecule has 0 bridgehead atoms. The first-order valence-electron chi connectivity index (χ1n) is 10.6. The van der Waals surface area contributed by atoms with Gasteiger partial charge >= 0.3 is 0 Å². The summed E-state index contributed by atoms with van der Waals surface area (Å²) < 4.78 is 0. The molecule has 156 valence electrons. The van der Waals surface area contributed by atoms with E-state index in [0.29, 0.717) is 18.8 Å². The largest absolute Gasteiger partial charge is 0.356 e. The van der Waals surface area contributed by atoms with E-state index in [4.69, 9.17) is 5.21 Å². The predicted molar refractivity (Wildman–Crippen MR) is 110 cm³/mol. The van der Waals surface area contributed by atoms with E-state index in [9.17, 15) is 9.59 Å². The number of unbranched alkanes of at least 4 members (excludes halogenated alkanes) is 4. The van der Waals surface area contributed by atoms with Gasteiger partial charge in [-0.1, -0.05) is 49.6 Å². The number of rotatable bonds is 12. The van der Waals surface area contributed by atoms with Gasteiger partial charge in [0.25, 0.3) is 0 Å². The normalized spacial score (nSPS) is 15.3. The number of amides is 2. The third kappa shape index (κ3) is 9.33. The van der Waals surface area contributed by atoms with Crippen LogP contribution in [0.2, 0.25) is 0 Å². The van der Waals surface area contributed by atoms with Crippen molar-refractivity contribution in [2.75, 3.05) is 19.6 Å². The molecular weight excluding hydrogens is 354 g/mol. The van der Waals surface area contributed by atoms with Gasteiger partial charge in [-0.3, -0.25) is 19.7 Å². The highest BCUT2D eigenvalue weighted by Crippen LogP contribution is 2.18. The number of likely N-dealkylation sites (tertiary alicyclic amines) is 1. The van der Waals surface area contributed by atoms with Crippen molar-refractivity contribution in [1.82, 2.24) is 15.7 Å². The van der Waals surface area contributed by atoms with Crippen LogP contribution in [-0.2, 0) is 16.1 Å². The maximum absolute atomic E-state index is 12.0. The molecule has 2 rings (SSSR count). The highest BCUT2D eigenvalue weighted by atomic mass is 16.5. The van der Waals surface area contributed by atoms with E-state index in [1.807, 2.05) is 0 Å². The SMILES string of the molecule is O=C(CCCCCCCC(=O)NCC1CCN(Cc2ccccc2)CC1)NO. The number of hydroxylamine groups is 1. The van der Waals surface area contributed by atoms with Crippen molar-refractivity contribution in [3.63, 3.8) is 0 Å². The molecule has 1 aromatic carbocycles. The second-order valence-electron chi connectivity index (χ2n) is 7.81. The van der Waals surface area contributed by atoms with Crippen molar-refractivity contribution >= 4 is 11.8 Å². The Morgan fingerprint density at radius 2 is 1.54 bits per heavy atom. The molecular formula is C22H35N3O3. The Labute approximate surface area is 168 Å². The number of hydrogen-bond donors (Lipinski definition) is 3. The Balaban J connectivity index is 1.46. The standard InChI is InChI=1S/C22H35N3O3/c26-21(11-7-2-1-3-8-12-22(27)24-28)23-17-19-13-15-25(16-14-19)18-20-9-5-4-6-10-20/h4-6,9-10,19,28H,1-3,7-8,11-18H2,(H,23,26)(H,24,27). The minimum Gasteiger partial charge on any atom is -0.356 e. The summed E-state index contributed by atoms with van der Waals surface area (Å²) >= 11 is 0. The zero-order valence-corrected chi connectivity index (χ0v) is 16.9. The van der Waals surface area contributed by atoms with Crippen molar-refractivity contribution in [3.8, 4) is 0 Å². The Kier molecular flexibility index (Phi) is 10.6. The minimum absolute atomic E-state index is 0.159. The fourth-order valence-corrected chi connectivity index (χ4v) is 3.69. The van der Waals surface area contributed by atoms with E-state index in [2.05, 4.69) is 40.5 Å². The zero-order valence-electron chi connectivity index (χ0n) is 16.9. The molecule has 0 unspecified atom stereocenters. The van der Waals surface area contributed by atoms with Crippen molar-refractivity contribution in [2.45, 2.75) is 64.3 Å². The monoisotopic (exact) mass is 389 g/mol. The quantitative estimate of drug-likeness (QED) is 0.291. The van der Waals surface area contributed by atoms with Gasteiger partial charge < -0.3 is 5.32 Å². The molecule has 28 heavy (non-hydrogen) atoms. The Morgan fingerprint density at radius 3 is 2.18 bits per heavy atom. The first kappa shape index (κ1) is 22.4. The number of hydrogen-bond acceptors (Lipinski definition) is 4. The van der Waals surface area contributed by atoms with E-state index in [1.165, 1.54) is 5.56 Å². The summed E-state index contributed by atoms with van der Waals surface area (Å²) in [5.74, 6) is 0.422. The van der Waals surface area contributed by atoms with E-state index in [0.717, 1.165) is 71.1 Å². The second kappa shape index (κ2) is 13.3.